The summed E-state index contributed by atoms with van der Waals surface area (Å²) in [6.45, 7) is 8.07. The highest BCUT2D eigenvalue weighted by Crippen LogP contribution is 2.19. The maximum absolute atomic E-state index is 10.7. The predicted octanol–water partition coefficient (Wildman–Crippen LogP) is 2.44. The molecule has 1 unspecified atom stereocenters. The molecular formula is C17H27N3O2. The van der Waals surface area contributed by atoms with E-state index in [0.717, 1.165) is 43.7 Å². The van der Waals surface area contributed by atoms with Crippen LogP contribution < -0.4 is 0 Å². The van der Waals surface area contributed by atoms with E-state index in [1.807, 2.05) is 24.2 Å². The van der Waals surface area contributed by atoms with Crippen molar-refractivity contribution in [2.45, 2.75) is 19.8 Å². The second-order valence-electron chi connectivity index (χ2n) is 5.50. The zero-order valence-electron chi connectivity index (χ0n) is 13.9. The summed E-state index contributed by atoms with van der Waals surface area (Å²) in [6.07, 6.45) is 10.9. The molecule has 0 radical (unpaired) electrons. The quantitative estimate of drug-likeness (QED) is 0.354. The molecule has 0 aliphatic carbocycles. The van der Waals surface area contributed by atoms with Gasteiger partial charge in [0.2, 0.25) is 6.41 Å². The maximum Gasteiger partial charge on any atom is 0.209 e. The fraction of sp³-hybridized carbons (Fsp3) is 0.529. The summed E-state index contributed by atoms with van der Waals surface area (Å²) in [7, 11) is 3.49. The van der Waals surface area contributed by atoms with Crippen LogP contribution in [-0.4, -0.2) is 56.4 Å². The minimum absolute atomic E-state index is 0.151. The van der Waals surface area contributed by atoms with Gasteiger partial charge in [-0.1, -0.05) is 11.6 Å². The molecule has 1 rings (SSSR count). The minimum atomic E-state index is 0.151. The number of carbonyl (C=O) groups excluding carboxylic acids is 1. The first-order chi connectivity index (χ1) is 10.6. The first-order valence-electron chi connectivity index (χ1n) is 7.58. The van der Waals surface area contributed by atoms with E-state index >= 15 is 0 Å². The van der Waals surface area contributed by atoms with Gasteiger partial charge in [-0.2, -0.15) is 5.10 Å². The van der Waals surface area contributed by atoms with Gasteiger partial charge in [0, 0.05) is 46.0 Å². The Bertz CT molecular complexity index is 455. The standard InChI is InChI=1S/C17H27N3O2/c1-5-16-11-17(10-15(2)13-19(3)14-21)20(18-12-16)8-6-7-9-22-4/h5,10-12,14,16H,1,6-9,13H2,2-4H3/b15-10+. The zero-order chi connectivity index (χ0) is 16.4. The number of carbonyl (C=O) groups is 1. The monoisotopic (exact) mass is 305 g/mol. The SMILES string of the molecule is C=CC1C=NN(CCCCOC)C(/C=C(\C)CN(C)C=O)=C1. The molecule has 0 saturated carbocycles. The number of hydrogen-bond acceptors (Lipinski definition) is 4. The number of likely N-dealkylation sites (N-methyl/N-ethyl adjacent to an activating group) is 1. The number of amides is 1. The van der Waals surface area contributed by atoms with Crippen LogP contribution in [0.15, 0.2) is 41.2 Å². The fourth-order valence-corrected chi connectivity index (χ4v) is 2.23. The molecule has 1 atom stereocenters. The normalized spacial score (nSPS) is 18.1. The Hall–Kier alpha value is -1.88. The largest absolute Gasteiger partial charge is 0.385 e. The first-order valence-corrected chi connectivity index (χ1v) is 7.58. The van der Waals surface area contributed by atoms with Gasteiger partial charge in [0.05, 0.1) is 5.70 Å². The Morgan fingerprint density at radius 1 is 1.55 bits per heavy atom. The average Bonchev–Trinajstić information content (AvgIpc) is 2.52. The van der Waals surface area contributed by atoms with Gasteiger partial charge in [0.1, 0.15) is 0 Å². The highest BCUT2D eigenvalue weighted by Gasteiger charge is 2.13. The number of unbranched alkanes of at least 4 members (excludes halogenated alkanes) is 1. The van der Waals surface area contributed by atoms with Crippen molar-refractivity contribution in [3.8, 4) is 0 Å². The summed E-state index contributed by atoms with van der Waals surface area (Å²) in [6, 6.07) is 0. The van der Waals surface area contributed by atoms with Gasteiger partial charge in [-0.15, -0.1) is 6.58 Å². The highest BCUT2D eigenvalue weighted by molar-refractivity contribution is 5.67. The Morgan fingerprint density at radius 2 is 2.32 bits per heavy atom. The molecule has 5 nitrogen and oxygen atoms in total. The Labute approximate surface area is 133 Å². The number of methoxy groups -OCH3 is 1. The van der Waals surface area contributed by atoms with E-state index < -0.39 is 0 Å². The van der Waals surface area contributed by atoms with Crippen LogP contribution in [0.2, 0.25) is 0 Å². The molecule has 22 heavy (non-hydrogen) atoms. The molecule has 0 aromatic carbocycles. The first kappa shape index (κ1) is 18.2. The van der Waals surface area contributed by atoms with Gasteiger partial charge in [0.25, 0.3) is 0 Å². The predicted molar refractivity (Wildman–Crippen MR) is 90.5 cm³/mol. The third-order valence-electron chi connectivity index (χ3n) is 3.35. The third-order valence-corrected chi connectivity index (χ3v) is 3.35. The molecule has 0 spiro atoms. The van der Waals surface area contributed by atoms with Crippen molar-refractivity contribution in [2.24, 2.45) is 11.0 Å². The number of allylic oxidation sites excluding steroid dienone is 3. The lowest BCUT2D eigenvalue weighted by atomic mass is 10.1. The van der Waals surface area contributed by atoms with E-state index in [4.69, 9.17) is 4.74 Å². The molecule has 122 valence electrons. The minimum Gasteiger partial charge on any atom is -0.385 e. The van der Waals surface area contributed by atoms with Crippen molar-refractivity contribution in [3.63, 3.8) is 0 Å². The van der Waals surface area contributed by atoms with Gasteiger partial charge in [0.15, 0.2) is 0 Å². The Kier molecular flexibility index (Phi) is 8.22. The van der Waals surface area contributed by atoms with E-state index in [1.165, 1.54) is 0 Å². The van der Waals surface area contributed by atoms with E-state index in [-0.39, 0.29) is 5.92 Å². The molecule has 0 aromatic heterocycles. The van der Waals surface area contributed by atoms with Crippen molar-refractivity contribution >= 4 is 12.6 Å². The second kappa shape index (κ2) is 9.95. The van der Waals surface area contributed by atoms with Crippen LogP contribution >= 0.6 is 0 Å². The van der Waals surface area contributed by atoms with Gasteiger partial charge in [-0.25, -0.2) is 0 Å². The number of nitrogens with zero attached hydrogens (tertiary/aromatic N) is 3. The summed E-state index contributed by atoms with van der Waals surface area (Å²) in [5.41, 5.74) is 2.17. The van der Waals surface area contributed by atoms with Crippen molar-refractivity contribution in [1.29, 1.82) is 0 Å². The third kappa shape index (κ3) is 6.26. The zero-order valence-corrected chi connectivity index (χ0v) is 13.9. The molecular weight excluding hydrogens is 278 g/mol. The van der Waals surface area contributed by atoms with Gasteiger partial charge < -0.3 is 9.64 Å². The van der Waals surface area contributed by atoms with Gasteiger partial charge in [-0.05, 0) is 31.9 Å². The number of hydrazone groups is 1. The van der Waals surface area contributed by atoms with E-state index in [1.54, 1.807) is 19.1 Å². The molecule has 1 aliphatic rings. The molecule has 5 heteroatoms. The van der Waals surface area contributed by atoms with E-state index in [0.29, 0.717) is 6.54 Å². The molecule has 1 aliphatic heterocycles. The summed E-state index contributed by atoms with van der Waals surface area (Å²) >= 11 is 0. The maximum atomic E-state index is 10.7. The van der Waals surface area contributed by atoms with Crippen molar-refractivity contribution in [3.05, 3.63) is 36.1 Å². The number of hydrogen-bond donors (Lipinski definition) is 0. The topological polar surface area (TPSA) is 45.1 Å². The number of rotatable bonds is 10. The molecule has 0 bridgehead atoms. The van der Waals surface area contributed by atoms with Crippen LogP contribution in [0.1, 0.15) is 19.8 Å². The van der Waals surface area contributed by atoms with Crippen molar-refractivity contribution in [2.75, 3.05) is 33.9 Å². The Morgan fingerprint density at radius 3 is 2.95 bits per heavy atom. The summed E-state index contributed by atoms with van der Waals surface area (Å²) in [5, 5.41) is 6.51. The fourth-order valence-electron chi connectivity index (χ4n) is 2.23. The van der Waals surface area contributed by atoms with Crippen LogP contribution in [0.3, 0.4) is 0 Å². The van der Waals surface area contributed by atoms with Crippen LogP contribution in [0, 0.1) is 5.92 Å². The van der Waals surface area contributed by atoms with Crippen molar-refractivity contribution in [1.82, 2.24) is 9.91 Å². The highest BCUT2D eigenvalue weighted by atomic mass is 16.5. The summed E-state index contributed by atoms with van der Waals surface area (Å²) < 4.78 is 5.08. The average molecular weight is 305 g/mol. The number of ether oxygens (including phenoxy) is 1. The summed E-state index contributed by atoms with van der Waals surface area (Å²) in [5.74, 6) is 0.151. The second-order valence-corrected chi connectivity index (χ2v) is 5.50. The smallest absolute Gasteiger partial charge is 0.209 e. The molecule has 0 saturated heterocycles. The van der Waals surface area contributed by atoms with E-state index in [2.05, 4.69) is 23.8 Å². The molecule has 0 fully saturated rings. The van der Waals surface area contributed by atoms with Crippen molar-refractivity contribution < 1.29 is 9.53 Å². The van der Waals surface area contributed by atoms with Crippen LogP contribution in [0.5, 0.6) is 0 Å². The van der Waals surface area contributed by atoms with E-state index in [9.17, 15) is 4.79 Å². The van der Waals surface area contributed by atoms with Crippen LogP contribution in [0.4, 0.5) is 0 Å². The van der Waals surface area contributed by atoms with Gasteiger partial charge in [-0.3, -0.25) is 9.80 Å². The van der Waals surface area contributed by atoms with Crippen LogP contribution in [-0.2, 0) is 9.53 Å². The molecule has 0 aromatic rings. The molecule has 0 N–H and O–H groups in total. The lowest BCUT2D eigenvalue weighted by Gasteiger charge is -2.25. The van der Waals surface area contributed by atoms with Gasteiger partial charge >= 0.3 is 0 Å². The molecule has 1 amide bonds. The van der Waals surface area contributed by atoms with Crippen LogP contribution in [0.25, 0.3) is 0 Å². The Balaban J connectivity index is 2.73. The lowest BCUT2D eigenvalue weighted by Crippen LogP contribution is -2.24. The molecule has 1 heterocycles. The lowest BCUT2D eigenvalue weighted by molar-refractivity contribution is -0.116. The summed E-state index contributed by atoms with van der Waals surface area (Å²) in [4.78, 5) is 12.3.